The Hall–Kier alpha value is -2.33. The average molecular weight is 270 g/mol. The fourth-order valence-corrected chi connectivity index (χ4v) is 2.63. The molecule has 4 rings (SSSR count). The van der Waals surface area contributed by atoms with Crippen LogP contribution in [-0.4, -0.2) is 14.4 Å². The van der Waals surface area contributed by atoms with Crippen LogP contribution in [0.4, 0.5) is 0 Å². The first kappa shape index (κ1) is 10.6. The lowest BCUT2D eigenvalue weighted by molar-refractivity contribution is 1.06. The quantitative estimate of drug-likeness (QED) is 0.533. The Kier molecular flexibility index (Phi) is 2.00. The Morgan fingerprint density at radius 2 is 1.95 bits per heavy atom. The Morgan fingerprint density at radius 3 is 2.84 bits per heavy atom. The number of imidazole rings is 1. The molecule has 2 aromatic carbocycles. The largest absolute Gasteiger partial charge is 0.332 e. The smallest absolute Gasteiger partial charge is 0.305 e. The second-order valence-corrected chi connectivity index (χ2v) is 4.76. The number of para-hydroxylation sites is 3. The van der Waals surface area contributed by atoms with Gasteiger partial charge < -0.3 is 4.98 Å². The minimum atomic E-state index is -0.232. The van der Waals surface area contributed by atoms with Crippen molar-refractivity contribution >= 4 is 39.2 Å². The standard InChI is InChI=1S/C14H8ClN3O/c15-9-5-3-4-8-12(9)17-14(19)18-11-7-2-1-6-10(11)16-13(8)18/h1-7H,(H,17,19). The molecular weight excluding hydrogens is 262 g/mol. The van der Waals surface area contributed by atoms with Crippen molar-refractivity contribution in [2.45, 2.75) is 0 Å². The summed E-state index contributed by atoms with van der Waals surface area (Å²) in [5.41, 5.74) is 2.60. The van der Waals surface area contributed by atoms with Crippen LogP contribution in [0.5, 0.6) is 0 Å². The van der Waals surface area contributed by atoms with Crippen molar-refractivity contribution in [1.29, 1.82) is 0 Å². The Bertz CT molecular complexity index is 1000. The molecule has 0 unspecified atom stereocenters. The minimum Gasteiger partial charge on any atom is -0.305 e. The monoisotopic (exact) mass is 269 g/mol. The molecule has 4 aromatic rings. The molecule has 2 aromatic heterocycles. The van der Waals surface area contributed by atoms with Gasteiger partial charge >= 0.3 is 5.69 Å². The zero-order valence-corrected chi connectivity index (χ0v) is 10.5. The SMILES string of the molecule is O=c1[nH]c2c(Cl)cccc2c2nc3ccccc3n12. The molecule has 0 saturated heterocycles. The van der Waals surface area contributed by atoms with Crippen LogP contribution in [0.1, 0.15) is 0 Å². The predicted molar refractivity (Wildman–Crippen MR) is 75.8 cm³/mol. The molecule has 0 amide bonds. The maximum atomic E-state index is 12.2. The number of benzene rings is 2. The summed E-state index contributed by atoms with van der Waals surface area (Å²) in [5, 5.41) is 1.35. The van der Waals surface area contributed by atoms with E-state index >= 15 is 0 Å². The second kappa shape index (κ2) is 3.59. The lowest BCUT2D eigenvalue weighted by Crippen LogP contribution is -2.16. The van der Waals surface area contributed by atoms with Gasteiger partial charge in [-0.1, -0.05) is 29.8 Å². The van der Waals surface area contributed by atoms with Gasteiger partial charge in [0.25, 0.3) is 0 Å². The van der Waals surface area contributed by atoms with Gasteiger partial charge in [0.05, 0.1) is 21.6 Å². The lowest BCUT2D eigenvalue weighted by atomic mass is 10.2. The molecule has 0 aliphatic rings. The van der Waals surface area contributed by atoms with E-state index in [0.717, 1.165) is 16.4 Å². The normalized spacial score (nSPS) is 11.6. The van der Waals surface area contributed by atoms with Crippen LogP contribution in [0.25, 0.3) is 27.6 Å². The number of halogens is 1. The Morgan fingerprint density at radius 1 is 1.11 bits per heavy atom. The third kappa shape index (κ3) is 1.34. The number of nitrogens with zero attached hydrogens (tertiary/aromatic N) is 2. The molecule has 0 bridgehead atoms. The van der Waals surface area contributed by atoms with Gasteiger partial charge in [0.15, 0.2) is 5.65 Å². The van der Waals surface area contributed by atoms with Crippen LogP contribution < -0.4 is 5.69 Å². The number of H-pyrrole nitrogens is 1. The second-order valence-electron chi connectivity index (χ2n) is 4.35. The number of fused-ring (bicyclic) bond motifs is 5. The van der Waals surface area contributed by atoms with Gasteiger partial charge in [0, 0.05) is 5.39 Å². The molecule has 0 aliphatic carbocycles. The number of aromatic amines is 1. The van der Waals surface area contributed by atoms with Crippen molar-refractivity contribution in [3.05, 3.63) is 58.0 Å². The highest BCUT2D eigenvalue weighted by Crippen LogP contribution is 2.25. The van der Waals surface area contributed by atoms with Gasteiger partial charge in [0.2, 0.25) is 0 Å². The van der Waals surface area contributed by atoms with Gasteiger partial charge in [-0.15, -0.1) is 0 Å². The van der Waals surface area contributed by atoms with Crippen molar-refractivity contribution in [3.8, 4) is 0 Å². The summed E-state index contributed by atoms with van der Waals surface area (Å²) < 4.78 is 1.58. The van der Waals surface area contributed by atoms with Gasteiger partial charge in [-0.25, -0.2) is 14.2 Å². The van der Waals surface area contributed by atoms with Crippen molar-refractivity contribution < 1.29 is 0 Å². The van der Waals surface area contributed by atoms with E-state index in [1.165, 1.54) is 0 Å². The molecule has 4 nitrogen and oxygen atoms in total. The molecule has 1 N–H and O–H groups in total. The zero-order valence-electron chi connectivity index (χ0n) is 9.72. The third-order valence-electron chi connectivity index (χ3n) is 3.25. The van der Waals surface area contributed by atoms with E-state index in [-0.39, 0.29) is 5.69 Å². The number of aromatic nitrogens is 3. The summed E-state index contributed by atoms with van der Waals surface area (Å²) in [6.07, 6.45) is 0. The highest BCUT2D eigenvalue weighted by molar-refractivity contribution is 6.35. The fourth-order valence-electron chi connectivity index (χ4n) is 2.41. The summed E-state index contributed by atoms with van der Waals surface area (Å²) in [4.78, 5) is 19.6. The van der Waals surface area contributed by atoms with Crippen LogP contribution >= 0.6 is 11.6 Å². The summed E-state index contributed by atoms with van der Waals surface area (Å²) in [7, 11) is 0. The minimum absolute atomic E-state index is 0.232. The Balaban J connectivity index is 2.41. The van der Waals surface area contributed by atoms with Gasteiger partial charge in [-0.05, 0) is 24.3 Å². The molecular formula is C14H8ClN3O. The van der Waals surface area contributed by atoms with E-state index in [1.54, 1.807) is 10.5 Å². The topological polar surface area (TPSA) is 50.2 Å². The van der Waals surface area contributed by atoms with Gasteiger partial charge in [0.1, 0.15) is 0 Å². The summed E-state index contributed by atoms with van der Waals surface area (Å²) >= 11 is 6.12. The fraction of sp³-hybridized carbons (Fsp3) is 0. The summed E-state index contributed by atoms with van der Waals surface area (Å²) in [6.45, 7) is 0. The van der Waals surface area contributed by atoms with Crippen molar-refractivity contribution in [1.82, 2.24) is 14.4 Å². The number of hydrogen-bond acceptors (Lipinski definition) is 2. The number of hydrogen-bond donors (Lipinski definition) is 1. The molecule has 0 radical (unpaired) electrons. The van der Waals surface area contributed by atoms with Crippen LogP contribution in [0.2, 0.25) is 5.02 Å². The molecule has 92 valence electrons. The molecule has 2 heterocycles. The van der Waals surface area contributed by atoms with Crippen molar-refractivity contribution in [2.24, 2.45) is 0 Å². The third-order valence-corrected chi connectivity index (χ3v) is 3.57. The maximum Gasteiger partial charge on any atom is 0.332 e. The van der Waals surface area contributed by atoms with E-state index < -0.39 is 0 Å². The summed E-state index contributed by atoms with van der Waals surface area (Å²) in [6, 6.07) is 13.1. The van der Waals surface area contributed by atoms with Crippen molar-refractivity contribution in [3.63, 3.8) is 0 Å². The van der Waals surface area contributed by atoms with Crippen molar-refractivity contribution in [2.75, 3.05) is 0 Å². The highest BCUT2D eigenvalue weighted by Gasteiger charge is 2.11. The van der Waals surface area contributed by atoms with Gasteiger partial charge in [-0.2, -0.15) is 0 Å². The molecule has 19 heavy (non-hydrogen) atoms. The molecule has 0 atom stereocenters. The van der Waals surface area contributed by atoms with E-state index in [2.05, 4.69) is 9.97 Å². The molecule has 0 saturated carbocycles. The van der Waals surface area contributed by atoms with E-state index in [1.807, 2.05) is 36.4 Å². The van der Waals surface area contributed by atoms with Crippen LogP contribution in [0.3, 0.4) is 0 Å². The molecule has 0 fully saturated rings. The molecule has 5 heteroatoms. The predicted octanol–water partition coefficient (Wildman–Crippen LogP) is 2.98. The lowest BCUT2D eigenvalue weighted by Gasteiger charge is -2.02. The van der Waals surface area contributed by atoms with E-state index in [0.29, 0.717) is 16.2 Å². The Labute approximate surface area is 112 Å². The summed E-state index contributed by atoms with van der Waals surface area (Å²) in [5.74, 6) is 0. The first-order chi connectivity index (χ1) is 9.25. The first-order valence-electron chi connectivity index (χ1n) is 5.83. The van der Waals surface area contributed by atoms with Gasteiger partial charge in [-0.3, -0.25) is 0 Å². The van der Waals surface area contributed by atoms with Crippen LogP contribution in [0, 0.1) is 0 Å². The maximum absolute atomic E-state index is 12.2. The highest BCUT2D eigenvalue weighted by atomic mass is 35.5. The zero-order chi connectivity index (χ0) is 13.0. The number of rotatable bonds is 0. The average Bonchev–Trinajstić information content (AvgIpc) is 2.80. The first-order valence-corrected chi connectivity index (χ1v) is 6.21. The van der Waals surface area contributed by atoms with E-state index in [9.17, 15) is 4.79 Å². The van der Waals surface area contributed by atoms with Crippen LogP contribution in [0.15, 0.2) is 47.3 Å². The van der Waals surface area contributed by atoms with E-state index in [4.69, 9.17) is 11.6 Å². The van der Waals surface area contributed by atoms with Crippen LogP contribution in [-0.2, 0) is 0 Å². The molecule has 0 aliphatic heterocycles. The number of nitrogens with one attached hydrogen (secondary N) is 1. The molecule has 0 spiro atoms.